The van der Waals surface area contributed by atoms with E-state index < -0.39 is 0 Å². The molecule has 28 heavy (non-hydrogen) atoms. The monoisotopic (exact) mass is 372 g/mol. The van der Waals surface area contributed by atoms with Gasteiger partial charge in [-0.2, -0.15) is 0 Å². The first-order valence-electron chi connectivity index (χ1n) is 9.90. The molecular formula is C26H28O2. The Morgan fingerprint density at radius 1 is 0.929 bits per heavy atom. The van der Waals surface area contributed by atoms with E-state index in [1.165, 1.54) is 16.7 Å². The molecule has 2 nitrogen and oxygen atoms in total. The van der Waals surface area contributed by atoms with Crippen molar-refractivity contribution < 1.29 is 4.42 Å². The van der Waals surface area contributed by atoms with E-state index in [-0.39, 0.29) is 5.63 Å². The fourth-order valence-corrected chi connectivity index (χ4v) is 3.26. The molecule has 0 fully saturated rings. The normalized spacial score (nSPS) is 11.6. The molecule has 1 aromatic heterocycles. The zero-order valence-corrected chi connectivity index (χ0v) is 17.0. The van der Waals surface area contributed by atoms with Gasteiger partial charge < -0.3 is 4.42 Å². The molecule has 0 N–H and O–H groups in total. The summed E-state index contributed by atoms with van der Waals surface area (Å²) in [6.07, 6.45) is 7.89. The number of allylic oxidation sites excluding steroid dienone is 4. The van der Waals surface area contributed by atoms with Gasteiger partial charge in [-0.15, -0.1) is 0 Å². The zero-order chi connectivity index (χ0) is 19.9. The maximum absolute atomic E-state index is 12.4. The van der Waals surface area contributed by atoms with Crippen molar-refractivity contribution in [3.63, 3.8) is 0 Å². The smallest absolute Gasteiger partial charge is 0.339 e. The van der Waals surface area contributed by atoms with Gasteiger partial charge in [0.1, 0.15) is 5.58 Å². The summed E-state index contributed by atoms with van der Waals surface area (Å²) in [5.41, 5.74) is 6.16. The summed E-state index contributed by atoms with van der Waals surface area (Å²) in [6, 6.07) is 18.4. The molecule has 0 saturated heterocycles. The average molecular weight is 373 g/mol. The third-order valence-electron chi connectivity index (χ3n) is 4.89. The quantitative estimate of drug-likeness (QED) is 0.345. The first-order chi connectivity index (χ1) is 13.5. The van der Waals surface area contributed by atoms with E-state index in [4.69, 9.17) is 4.42 Å². The molecule has 2 heteroatoms. The number of fused-ring (bicyclic) bond motifs is 1. The SMILES string of the molecule is CC(C)=CCC/C(C)=C/Cc1cc2ccc(Cc3ccccc3)cc2oc1=O. The molecule has 0 amide bonds. The van der Waals surface area contributed by atoms with Gasteiger partial charge >= 0.3 is 5.63 Å². The summed E-state index contributed by atoms with van der Waals surface area (Å²) in [5, 5.41) is 0.974. The van der Waals surface area contributed by atoms with Gasteiger partial charge in [0.15, 0.2) is 0 Å². The van der Waals surface area contributed by atoms with Gasteiger partial charge in [-0.1, -0.05) is 65.8 Å². The minimum atomic E-state index is -0.238. The van der Waals surface area contributed by atoms with Gasteiger partial charge in [0, 0.05) is 10.9 Å². The van der Waals surface area contributed by atoms with Crippen LogP contribution in [-0.2, 0) is 12.8 Å². The van der Waals surface area contributed by atoms with Crippen LogP contribution >= 0.6 is 0 Å². The van der Waals surface area contributed by atoms with Crippen LogP contribution in [0.4, 0.5) is 0 Å². The highest BCUT2D eigenvalue weighted by Crippen LogP contribution is 2.19. The Morgan fingerprint density at radius 2 is 1.71 bits per heavy atom. The molecule has 0 aliphatic rings. The Morgan fingerprint density at radius 3 is 2.46 bits per heavy atom. The molecule has 1 heterocycles. The van der Waals surface area contributed by atoms with Crippen LogP contribution in [0.25, 0.3) is 11.0 Å². The lowest BCUT2D eigenvalue weighted by molar-refractivity contribution is 0.552. The molecule has 0 atom stereocenters. The fraction of sp³-hybridized carbons (Fsp3) is 0.269. The fourth-order valence-electron chi connectivity index (χ4n) is 3.26. The van der Waals surface area contributed by atoms with Crippen molar-refractivity contribution in [2.45, 2.75) is 46.5 Å². The van der Waals surface area contributed by atoms with E-state index >= 15 is 0 Å². The predicted octanol–water partition coefficient (Wildman–Crippen LogP) is 6.62. The second-order valence-electron chi connectivity index (χ2n) is 7.67. The van der Waals surface area contributed by atoms with Crippen LogP contribution in [0.1, 0.15) is 50.3 Å². The van der Waals surface area contributed by atoms with Gasteiger partial charge in [-0.3, -0.25) is 0 Å². The first kappa shape index (κ1) is 19.9. The van der Waals surface area contributed by atoms with E-state index in [1.807, 2.05) is 36.4 Å². The summed E-state index contributed by atoms with van der Waals surface area (Å²) in [7, 11) is 0. The van der Waals surface area contributed by atoms with E-state index in [0.717, 1.165) is 30.2 Å². The largest absolute Gasteiger partial charge is 0.423 e. The summed E-state index contributed by atoms with van der Waals surface area (Å²) < 4.78 is 5.62. The second-order valence-corrected chi connectivity index (χ2v) is 7.67. The van der Waals surface area contributed by atoms with E-state index in [9.17, 15) is 4.79 Å². The Labute approximate surface area is 167 Å². The highest BCUT2D eigenvalue weighted by Gasteiger charge is 2.06. The Hall–Kier alpha value is -2.87. The maximum atomic E-state index is 12.4. The first-order valence-corrected chi connectivity index (χ1v) is 9.90. The van der Waals surface area contributed by atoms with Crippen LogP contribution in [0.2, 0.25) is 0 Å². The van der Waals surface area contributed by atoms with Gasteiger partial charge in [0.2, 0.25) is 0 Å². The third-order valence-corrected chi connectivity index (χ3v) is 4.89. The number of benzene rings is 2. The molecule has 0 unspecified atom stereocenters. The van der Waals surface area contributed by atoms with E-state index in [0.29, 0.717) is 17.6 Å². The lowest BCUT2D eigenvalue weighted by atomic mass is 10.0. The zero-order valence-electron chi connectivity index (χ0n) is 17.0. The van der Waals surface area contributed by atoms with Crippen LogP contribution in [0.15, 0.2) is 87.1 Å². The Kier molecular flexibility index (Phi) is 6.65. The van der Waals surface area contributed by atoms with Crippen molar-refractivity contribution in [3.8, 4) is 0 Å². The molecule has 0 bridgehead atoms. The average Bonchev–Trinajstić information content (AvgIpc) is 2.67. The highest BCUT2D eigenvalue weighted by atomic mass is 16.4. The molecule has 2 aromatic carbocycles. The maximum Gasteiger partial charge on any atom is 0.339 e. The van der Waals surface area contributed by atoms with Crippen LogP contribution in [0.3, 0.4) is 0 Å². The van der Waals surface area contributed by atoms with Crippen molar-refractivity contribution in [2.24, 2.45) is 0 Å². The minimum absolute atomic E-state index is 0.238. The van der Waals surface area contributed by atoms with Crippen molar-refractivity contribution in [1.29, 1.82) is 0 Å². The molecule has 3 rings (SSSR count). The van der Waals surface area contributed by atoms with E-state index in [1.54, 1.807) is 0 Å². The van der Waals surface area contributed by atoms with Crippen LogP contribution in [0, 0.1) is 0 Å². The molecule has 144 valence electrons. The molecule has 3 aromatic rings. The molecule has 0 spiro atoms. The Balaban J connectivity index is 1.75. The lowest BCUT2D eigenvalue weighted by Crippen LogP contribution is -2.06. The molecule has 0 aliphatic carbocycles. The number of hydrogen-bond donors (Lipinski definition) is 0. The lowest BCUT2D eigenvalue weighted by Gasteiger charge is -2.05. The molecular weight excluding hydrogens is 344 g/mol. The summed E-state index contributed by atoms with van der Waals surface area (Å²) >= 11 is 0. The number of hydrogen-bond acceptors (Lipinski definition) is 2. The Bertz CT molecular complexity index is 1050. The number of rotatable bonds is 7. The van der Waals surface area contributed by atoms with Crippen LogP contribution in [-0.4, -0.2) is 0 Å². The van der Waals surface area contributed by atoms with Gasteiger partial charge in [0.25, 0.3) is 0 Å². The molecule has 0 saturated carbocycles. The summed E-state index contributed by atoms with van der Waals surface area (Å²) in [5.74, 6) is 0. The summed E-state index contributed by atoms with van der Waals surface area (Å²) in [6.45, 7) is 6.35. The standard InChI is InChI=1S/C26H28O2/c1-19(2)8-7-9-20(3)12-14-24-18-23-15-13-22(17-25(23)28-26(24)27)16-21-10-5-4-6-11-21/h4-6,8,10-13,15,17-18H,7,9,14,16H2,1-3H3/b20-12+. The predicted molar refractivity (Wildman–Crippen MR) is 118 cm³/mol. The van der Waals surface area contributed by atoms with Crippen LogP contribution in [0.5, 0.6) is 0 Å². The topological polar surface area (TPSA) is 30.2 Å². The van der Waals surface area contributed by atoms with Crippen molar-refractivity contribution >= 4 is 11.0 Å². The second kappa shape index (κ2) is 9.36. The van der Waals surface area contributed by atoms with Crippen molar-refractivity contribution in [2.75, 3.05) is 0 Å². The van der Waals surface area contributed by atoms with Gasteiger partial charge in [0.05, 0.1) is 0 Å². The van der Waals surface area contributed by atoms with E-state index in [2.05, 4.69) is 51.1 Å². The van der Waals surface area contributed by atoms with Gasteiger partial charge in [-0.25, -0.2) is 4.79 Å². The van der Waals surface area contributed by atoms with Crippen molar-refractivity contribution in [3.05, 3.63) is 105 Å². The highest BCUT2D eigenvalue weighted by molar-refractivity contribution is 5.77. The molecule has 0 aliphatic heterocycles. The van der Waals surface area contributed by atoms with Crippen molar-refractivity contribution in [1.82, 2.24) is 0 Å². The minimum Gasteiger partial charge on any atom is -0.423 e. The van der Waals surface area contributed by atoms with Crippen LogP contribution < -0.4 is 5.63 Å². The third kappa shape index (κ3) is 5.56. The molecule has 0 radical (unpaired) electrons. The van der Waals surface area contributed by atoms with Gasteiger partial charge in [-0.05, 0) is 69.7 Å². The summed E-state index contributed by atoms with van der Waals surface area (Å²) in [4.78, 5) is 12.4.